The minimum absolute atomic E-state index is 0.0141. The van der Waals surface area contributed by atoms with Crippen LogP contribution in [0.3, 0.4) is 0 Å². The fourth-order valence-corrected chi connectivity index (χ4v) is 4.23. The molecule has 7 nitrogen and oxygen atoms in total. The summed E-state index contributed by atoms with van der Waals surface area (Å²) in [5.74, 6) is 3.78. The zero-order valence-corrected chi connectivity index (χ0v) is 18.0. The van der Waals surface area contributed by atoms with Gasteiger partial charge in [-0.15, -0.1) is 0 Å². The highest BCUT2D eigenvalue weighted by atomic mass is 16.5. The molecule has 7 heteroatoms. The van der Waals surface area contributed by atoms with Gasteiger partial charge in [-0.05, 0) is 50.2 Å². The van der Waals surface area contributed by atoms with Gasteiger partial charge in [-0.25, -0.2) is 4.99 Å². The summed E-state index contributed by atoms with van der Waals surface area (Å²) < 4.78 is 11.2. The minimum atomic E-state index is -0.0707. The number of fused-ring (bicyclic) bond motifs is 2. The molecule has 0 aromatic heterocycles. The zero-order chi connectivity index (χ0) is 20.8. The van der Waals surface area contributed by atoms with Gasteiger partial charge in [-0.2, -0.15) is 0 Å². The van der Waals surface area contributed by atoms with Crippen molar-refractivity contribution in [2.24, 2.45) is 16.8 Å². The number of rotatable bonds is 8. The normalized spacial score (nSPS) is 24.1. The first-order valence-electron chi connectivity index (χ1n) is 10.5. The van der Waals surface area contributed by atoms with E-state index in [0.29, 0.717) is 18.5 Å². The van der Waals surface area contributed by atoms with Gasteiger partial charge >= 0.3 is 0 Å². The van der Waals surface area contributed by atoms with Crippen LogP contribution in [-0.4, -0.2) is 63.2 Å². The van der Waals surface area contributed by atoms with Crippen LogP contribution in [0.1, 0.15) is 32.6 Å². The average molecular weight is 403 g/mol. The first-order valence-corrected chi connectivity index (χ1v) is 10.5. The van der Waals surface area contributed by atoms with E-state index in [1.807, 2.05) is 31.2 Å². The molecule has 2 aliphatic rings. The first-order chi connectivity index (χ1) is 13.9. The van der Waals surface area contributed by atoms with Gasteiger partial charge in [0.1, 0.15) is 24.1 Å². The largest absolute Gasteiger partial charge is 0.497 e. The maximum absolute atomic E-state index is 12.0. The van der Waals surface area contributed by atoms with Gasteiger partial charge in [0.15, 0.2) is 5.96 Å². The Bertz CT molecular complexity index is 722. The molecule has 0 spiro atoms. The summed E-state index contributed by atoms with van der Waals surface area (Å²) in [6, 6.07) is 8.03. The molecule has 0 aliphatic heterocycles. The van der Waals surface area contributed by atoms with E-state index in [4.69, 9.17) is 9.47 Å². The minimum Gasteiger partial charge on any atom is -0.497 e. The molecule has 29 heavy (non-hydrogen) atoms. The molecule has 160 valence electrons. The van der Waals surface area contributed by atoms with Crippen molar-refractivity contribution in [3.05, 3.63) is 24.3 Å². The van der Waals surface area contributed by atoms with E-state index in [0.717, 1.165) is 23.3 Å². The second-order valence-corrected chi connectivity index (χ2v) is 8.37. The molecule has 2 N–H and O–H groups in total. The van der Waals surface area contributed by atoms with Crippen LogP contribution in [0.25, 0.3) is 0 Å². The number of aliphatic imine (C=N–C) groups is 1. The number of carbonyl (C=O) groups excluding carboxylic acids is 1. The first kappa shape index (κ1) is 21.3. The lowest BCUT2D eigenvalue weighted by Crippen LogP contribution is -2.48. The summed E-state index contributed by atoms with van der Waals surface area (Å²) in [6.07, 6.45) is 5.09. The Labute approximate surface area is 173 Å². The summed E-state index contributed by atoms with van der Waals surface area (Å²) in [6.45, 7) is 2.72. The third-order valence-corrected chi connectivity index (χ3v) is 5.87. The quantitative estimate of drug-likeness (QED) is 0.515. The van der Waals surface area contributed by atoms with E-state index in [9.17, 15) is 4.79 Å². The summed E-state index contributed by atoms with van der Waals surface area (Å²) in [5, 5.41) is 6.93. The predicted octanol–water partition coefficient (Wildman–Crippen LogP) is 2.27. The molecule has 3 rings (SSSR count). The van der Waals surface area contributed by atoms with Gasteiger partial charge in [0.25, 0.3) is 0 Å². The van der Waals surface area contributed by atoms with Crippen LogP contribution in [0.5, 0.6) is 11.5 Å². The number of ether oxygens (including phenoxy) is 2. The fraction of sp³-hybridized carbons (Fsp3) is 0.636. The Kier molecular flexibility index (Phi) is 7.23. The number of nitrogens with zero attached hydrogens (tertiary/aromatic N) is 2. The second-order valence-electron chi connectivity index (χ2n) is 8.37. The van der Waals surface area contributed by atoms with Gasteiger partial charge in [-0.1, -0.05) is 12.5 Å². The number of nitrogens with one attached hydrogen (secondary N) is 2. The van der Waals surface area contributed by atoms with Crippen LogP contribution in [0.2, 0.25) is 0 Å². The predicted molar refractivity (Wildman–Crippen MR) is 114 cm³/mol. The smallest absolute Gasteiger partial charge is 0.243 e. The van der Waals surface area contributed by atoms with Crippen molar-refractivity contribution < 1.29 is 14.3 Å². The highest BCUT2D eigenvalue weighted by Crippen LogP contribution is 2.44. The molecule has 0 saturated heterocycles. The standard InChI is InChI=1S/C22H34N4O3/c1-15(29-19-7-5-6-18(12-19)28-4)13-23-22(24-14-21(27)26(2)3)25-20-11-16-8-9-17(20)10-16/h5-7,12,15-17,20H,8-11,13-14H2,1-4H3,(H2,23,24,25). The molecular weight excluding hydrogens is 368 g/mol. The molecule has 4 unspecified atom stereocenters. The molecule has 1 aromatic rings. The maximum Gasteiger partial charge on any atom is 0.243 e. The molecule has 2 bridgehead atoms. The van der Waals surface area contributed by atoms with Crippen molar-refractivity contribution in [1.82, 2.24) is 15.5 Å². The Morgan fingerprint density at radius 1 is 1.28 bits per heavy atom. The number of amides is 1. The Morgan fingerprint density at radius 2 is 2.07 bits per heavy atom. The summed E-state index contributed by atoms with van der Waals surface area (Å²) in [7, 11) is 5.14. The SMILES string of the molecule is COc1cccc(OC(C)CNC(=NCC(=O)N(C)C)NC2CC3CCC2C3)c1. The van der Waals surface area contributed by atoms with Crippen LogP contribution in [0.15, 0.2) is 29.3 Å². The topological polar surface area (TPSA) is 75.2 Å². The van der Waals surface area contributed by atoms with Crippen LogP contribution in [0, 0.1) is 11.8 Å². The lowest BCUT2D eigenvalue weighted by atomic mass is 9.95. The van der Waals surface area contributed by atoms with Crippen molar-refractivity contribution in [3.63, 3.8) is 0 Å². The molecule has 0 radical (unpaired) electrons. The molecule has 2 saturated carbocycles. The second kappa shape index (κ2) is 9.85. The molecule has 4 atom stereocenters. The summed E-state index contributed by atoms with van der Waals surface area (Å²) in [4.78, 5) is 18.1. The van der Waals surface area contributed by atoms with Crippen LogP contribution in [0.4, 0.5) is 0 Å². The number of carbonyl (C=O) groups is 1. The van der Waals surface area contributed by atoms with E-state index in [1.165, 1.54) is 25.7 Å². The van der Waals surface area contributed by atoms with Gasteiger partial charge < -0.3 is 25.0 Å². The molecule has 0 heterocycles. The highest BCUT2D eigenvalue weighted by molar-refractivity contribution is 5.85. The van der Waals surface area contributed by atoms with Gasteiger partial charge in [0.2, 0.25) is 5.91 Å². The Hall–Kier alpha value is -2.44. The van der Waals surface area contributed by atoms with Crippen molar-refractivity contribution in [1.29, 1.82) is 0 Å². The average Bonchev–Trinajstić information content (AvgIpc) is 3.33. The van der Waals surface area contributed by atoms with Crippen molar-refractivity contribution >= 4 is 11.9 Å². The third kappa shape index (κ3) is 6.02. The maximum atomic E-state index is 12.0. The van der Waals surface area contributed by atoms with E-state index < -0.39 is 0 Å². The number of benzene rings is 1. The lowest BCUT2D eigenvalue weighted by molar-refractivity contribution is -0.127. The van der Waals surface area contributed by atoms with E-state index in [1.54, 1.807) is 26.1 Å². The van der Waals surface area contributed by atoms with Crippen LogP contribution < -0.4 is 20.1 Å². The van der Waals surface area contributed by atoms with Gasteiger partial charge in [-0.3, -0.25) is 4.79 Å². The molecule has 2 fully saturated rings. The van der Waals surface area contributed by atoms with Crippen molar-refractivity contribution in [2.75, 3.05) is 34.3 Å². The molecule has 2 aliphatic carbocycles. The Morgan fingerprint density at radius 3 is 2.72 bits per heavy atom. The third-order valence-electron chi connectivity index (χ3n) is 5.87. The van der Waals surface area contributed by atoms with E-state index in [2.05, 4.69) is 15.6 Å². The van der Waals surface area contributed by atoms with E-state index in [-0.39, 0.29) is 18.6 Å². The monoisotopic (exact) mass is 402 g/mol. The number of hydrogen-bond acceptors (Lipinski definition) is 4. The number of hydrogen-bond donors (Lipinski definition) is 2. The van der Waals surface area contributed by atoms with Crippen molar-refractivity contribution in [2.45, 2.75) is 44.8 Å². The highest BCUT2D eigenvalue weighted by Gasteiger charge is 2.39. The Balaban J connectivity index is 1.56. The molecule has 1 amide bonds. The zero-order valence-electron chi connectivity index (χ0n) is 18.0. The summed E-state index contributed by atoms with van der Waals surface area (Å²) >= 11 is 0. The van der Waals surface area contributed by atoms with E-state index >= 15 is 0 Å². The fourth-order valence-electron chi connectivity index (χ4n) is 4.23. The van der Waals surface area contributed by atoms with Gasteiger partial charge in [0.05, 0.1) is 13.7 Å². The number of guanidine groups is 1. The van der Waals surface area contributed by atoms with Crippen LogP contribution in [-0.2, 0) is 4.79 Å². The number of methoxy groups -OCH3 is 1. The number of likely N-dealkylation sites (N-methyl/N-ethyl adjacent to an activating group) is 1. The van der Waals surface area contributed by atoms with Gasteiger partial charge in [0, 0.05) is 26.2 Å². The van der Waals surface area contributed by atoms with Crippen LogP contribution >= 0.6 is 0 Å². The summed E-state index contributed by atoms with van der Waals surface area (Å²) in [5.41, 5.74) is 0. The lowest BCUT2D eigenvalue weighted by Gasteiger charge is -2.26. The molecule has 1 aromatic carbocycles. The molecular formula is C22H34N4O3. The van der Waals surface area contributed by atoms with Crippen molar-refractivity contribution in [3.8, 4) is 11.5 Å².